The minimum atomic E-state index is -0.0931. The first-order valence-corrected chi connectivity index (χ1v) is 6.07. The van der Waals surface area contributed by atoms with Gasteiger partial charge in [-0.15, -0.1) is 0 Å². The molecule has 0 spiro atoms. The monoisotopic (exact) mass is 236 g/mol. The SMILES string of the molecule is CC(C#N)c1ccccc1NCc1ccccc1. The summed E-state index contributed by atoms with van der Waals surface area (Å²) in [5.74, 6) is -0.0931. The number of anilines is 1. The average molecular weight is 236 g/mol. The Kier molecular flexibility index (Phi) is 3.98. The molecule has 90 valence electrons. The average Bonchev–Trinajstić information content (AvgIpc) is 2.45. The van der Waals surface area contributed by atoms with Gasteiger partial charge in [0.2, 0.25) is 0 Å². The first-order chi connectivity index (χ1) is 8.81. The third kappa shape index (κ3) is 2.89. The van der Waals surface area contributed by atoms with E-state index in [0.29, 0.717) is 0 Å². The van der Waals surface area contributed by atoms with Crippen LogP contribution >= 0.6 is 0 Å². The standard InChI is InChI=1S/C16H16N2/c1-13(11-17)15-9-5-6-10-16(15)18-12-14-7-3-2-4-8-14/h2-10,13,18H,12H2,1H3. The van der Waals surface area contributed by atoms with Crippen molar-refractivity contribution in [2.45, 2.75) is 19.4 Å². The first-order valence-electron chi connectivity index (χ1n) is 6.07. The van der Waals surface area contributed by atoms with Crippen molar-refractivity contribution in [3.8, 4) is 6.07 Å². The zero-order valence-corrected chi connectivity index (χ0v) is 10.4. The van der Waals surface area contributed by atoms with Gasteiger partial charge in [0.15, 0.2) is 0 Å². The number of nitrogens with one attached hydrogen (secondary N) is 1. The second-order valence-electron chi connectivity index (χ2n) is 4.28. The maximum absolute atomic E-state index is 9.02. The molecular weight excluding hydrogens is 220 g/mol. The van der Waals surface area contributed by atoms with Gasteiger partial charge in [-0.05, 0) is 24.1 Å². The molecule has 2 aromatic carbocycles. The van der Waals surface area contributed by atoms with E-state index in [4.69, 9.17) is 5.26 Å². The molecule has 1 unspecified atom stereocenters. The van der Waals surface area contributed by atoms with E-state index in [-0.39, 0.29) is 5.92 Å². The number of hydrogen-bond acceptors (Lipinski definition) is 2. The summed E-state index contributed by atoms with van der Waals surface area (Å²) in [6, 6.07) is 20.5. The van der Waals surface area contributed by atoms with E-state index in [9.17, 15) is 0 Å². The molecule has 0 saturated heterocycles. The minimum Gasteiger partial charge on any atom is -0.381 e. The van der Waals surface area contributed by atoms with Gasteiger partial charge in [0.05, 0.1) is 12.0 Å². The lowest BCUT2D eigenvalue weighted by atomic mass is 10.0. The summed E-state index contributed by atoms with van der Waals surface area (Å²) >= 11 is 0. The van der Waals surface area contributed by atoms with Crippen molar-refractivity contribution in [3.05, 3.63) is 65.7 Å². The molecule has 18 heavy (non-hydrogen) atoms. The summed E-state index contributed by atoms with van der Waals surface area (Å²) in [7, 11) is 0. The van der Waals surface area contributed by atoms with E-state index in [0.717, 1.165) is 17.8 Å². The third-order valence-corrected chi connectivity index (χ3v) is 2.95. The molecule has 1 atom stereocenters. The van der Waals surface area contributed by atoms with Crippen LogP contribution in [0.3, 0.4) is 0 Å². The minimum absolute atomic E-state index is 0.0931. The van der Waals surface area contributed by atoms with Crippen LogP contribution in [-0.2, 0) is 6.54 Å². The van der Waals surface area contributed by atoms with Gasteiger partial charge in [-0.3, -0.25) is 0 Å². The van der Waals surface area contributed by atoms with Crippen LogP contribution < -0.4 is 5.32 Å². The van der Waals surface area contributed by atoms with Gasteiger partial charge in [-0.1, -0.05) is 48.5 Å². The van der Waals surface area contributed by atoms with Gasteiger partial charge in [0.1, 0.15) is 0 Å². The molecule has 0 radical (unpaired) electrons. The molecule has 0 aliphatic heterocycles. The maximum atomic E-state index is 9.02. The van der Waals surface area contributed by atoms with E-state index in [2.05, 4.69) is 23.5 Å². The number of hydrogen-bond donors (Lipinski definition) is 1. The van der Waals surface area contributed by atoms with Crippen LogP contribution in [-0.4, -0.2) is 0 Å². The highest BCUT2D eigenvalue weighted by Gasteiger charge is 2.08. The predicted molar refractivity (Wildman–Crippen MR) is 74.2 cm³/mol. The summed E-state index contributed by atoms with van der Waals surface area (Å²) in [6.07, 6.45) is 0. The second-order valence-corrected chi connectivity index (χ2v) is 4.28. The lowest BCUT2D eigenvalue weighted by Gasteiger charge is -2.13. The van der Waals surface area contributed by atoms with Crippen LogP contribution in [0.4, 0.5) is 5.69 Å². The fourth-order valence-electron chi connectivity index (χ4n) is 1.90. The summed E-state index contributed by atoms with van der Waals surface area (Å²) < 4.78 is 0. The topological polar surface area (TPSA) is 35.8 Å². The maximum Gasteiger partial charge on any atom is 0.0704 e. The second kappa shape index (κ2) is 5.88. The third-order valence-electron chi connectivity index (χ3n) is 2.95. The quantitative estimate of drug-likeness (QED) is 0.873. The van der Waals surface area contributed by atoms with Crippen LogP contribution in [0.15, 0.2) is 54.6 Å². The van der Waals surface area contributed by atoms with E-state index in [1.165, 1.54) is 5.56 Å². The number of rotatable bonds is 4. The molecule has 0 aliphatic rings. The van der Waals surface area contributed by atoms with E-state index in [1.54, 1.807) is 0 Å². The molecule has 0 bridgehead atoms. The first kappa shape index (κ1) is 12.2. The predicted octanol–water partition coefficient (Wildman–Crippen LogP) is 3.93. The number of nitriles is 1. The van der Waals surface area contributed by atoms with Gasteiger partial charge < -0.3 is 5.32 Å². The molecule has 0 aliphatic carbocycles. The molecule has 1 N–H and O–H groups in total. The smallest absolute Gasteiger partial charge is 0.0704 e. The van der Waals surface area contributed by atoms with Gasteiger partial charge in [0.25, 0.3) is 0 Å². The number of benzene rings is 2. The zero-order chi connectivity index (χ0) is 12.8. The molecule has 2 rings (SSSR count). The molecule has 2 nitrogen and oxygen atoms in total. The van der Waals surface area contributed by atoms with Crippen LogP contribution in [0.25, 0.3) is 0 Å². The van der Waals surface area contributed by atoms with Gasteiger partial charge in [-0.25, -0.2) is 0 Å². The Bertz CT molecular complexity index is 541. The highest BCUT2D eigenvalue weighted by molar-refractivity contribution is 5.54. The van der Waals surface area contributed by atoms with Crippen LogP contribution in [0.1, 0.15) is 24.0 Å². The van der Waals surface area contributed by atoms with Crippen LogP contribution in [0, 0.1) is 11.3 Å². The summed E-state index contributed by atoms with van der Waals surface area (Å²) in [5.41, 5.74) is 3.32. The van der Waals surface area contributed by atoms with Crippen LogP contribution in [0.5, 0.6) is 0 Å². The molecule has 0 heterocycles. The van der Waals surface area contributed by atoms with Crippen LogP contribution in [0.2, 0.25) is 0 Å². The van der Waals surface area contributed by atoms with E-state index >= 15 is 0 Å². The highest BCUT2D eigenvalue weighted by atomic mass is 14.9. The molecule has 0 fully saturated rings. The molecule has 0 amide bonds. The van der Waals surface area contributed by atoms with E-state index < -0.39 is 0 Å². The lowest BCUT2D eigenvalue weighted by Crippen LogP contribution is -2.03. The Balaban J connectivity index is 2.13. The highest BCUT2D eigenvalue weighted by Crippen LogP contribution is 2.24. The van der Waals surface area contributed by atoms with Gasteiger partial charge in [-0.2, -0.15) is 5.26 Å². The molecule has 0 saturated carbocycles. The fourth-order valence-corrected chi connectivity index (χ4v) is 1.90. The zero-order valence-electron chi connectivity index (χ0n) is 10.4. The fraction of sp³-hybridized carbons (Fsp3) is 0.188. The Hall–Kier alpha value is -2.27. The van der Waals surface area contributed by atoms with E-state index in [1.807, 2.05) is 49.4 Å². The Labute approximate surface area is 108 Å². The van der Waals surface area contributed by atoms with Crippen molar-refractivity contribution in [3.63, 3.8) is 0 Å². The molecular formula is C16H16N2. The van der Waals surface area contributed by atoms with Crippen molar-refractivity contribution in [2.75, 3.05) is 5.32 Å². The van der Waals surface area contributed by atoms with Gasteiger partial charge in [0, 0.05) is 12.2 Å². The Morgan fingerprint density at radius 3 is 2.44 bits per heavy atom. The van der Waals surface area contributed by atoms with Gasteiger partial charge >= 0.3 is 0 Å². The summed E-state index contributed by atoms with van der Waals surface area (Å²) in [6.45, 7) is 2.69. The molecule has 2 heteroatoms. The van der Waals surface area contributed by atoms with Crippen molar-refractivity contribution < 1.29 is 0 Å². The lowest BCUT2D eigenvalue weighted by molar-refractivity contribution is 0.975. The summed E-state index contributed by atoms with van der Waals surface area (Å²) in [4.78, 5) is 0. The van der Waals surface area contributed by atoms with Crippen molar-refractivity contribution >= 4 is 5.69 Å². The Morgan fingerprint density at radius 2 is 1.72 bits per heavy atom. The summed E-state index contributed by atoms with van der Waals surface area (Å²) in [5, 5.41) is 12.4. The van der Waals surface area contributed by atoms with Crippen molar-refractivity contribution in [2.24, 2.45) is 0 Å². The normalized spacial score (nSPS) is 11.6. The number of para-hydroxylation sites is 1. The largest absolute Gasteiger partial charge is 0.381 e. The Morgan fingerprint density at radius 1 is 1.06 bits per heavy atom. The molecule has 2 aromatic rings. The van der Waals surface area contributed by atoms with Crippen molar-refractivity contribution in [1.29, 1.82) is 5.26 Å². The molecule has 0 aromatic heterocycles. The van der Waals surface area contributed by atoms with Crippen molar-refractivity contribution in [1.82, 2.24) is 0 Å². The number of nitrogens with zero attached hydrogens (tertiary/aromatic N) is 1.